The molecule has 0 unspecified atom stereocenters. The van der Waals surface area contributed by atoms with Crippen LogP contribution in [-0.4, -0.2) is 24.7 Å². The van der Waals surface area contributed by atoms with Crippen molar-refractivity contribution in [1.82, 2.24) is 4.57 Å². The Morgan fingerprint density at radius 1 is 1.02 bits per heavy atom. The number of para-hydroxylation sites is 1. The Hall–Kier alpha value is -4.75. The smallest absolute Gasteiger partial charge is 0.271 e. The van der Waals surface area contributed by atoms with E-state index in [0.29, 0.717) is 54.7 Å². The Bertz CT molecular complexity index is 2180. The normalized spacial score (nSPS) is 14.3. The Morgan fingerprint density at radius 3 is 2.45 bits per heavy atom. The molecule has 0 bridgehead atoms. The lowest BCUT2D eigenvalue weighted by atomic mass is 9.95. The molecule has 1 aromatic heterocycles. The fraction of sp³-hybridized carbons (Fsp3) is 0.139. The third-order valence-corrected chi connectivity index (χ3v) is 9.39. The van der Waals surface area contributed by atoms with Gasteiger partial charge in [0, 0.05) is 11.3 Å². The zero-order valence-corrected chi connectivity index (χ0v) is 28.6. The van der Waals surface area contributed by atoms with E-state index in [2.05, 4.69) is 27.9 Å². The van der Waals surface area contributed by atoms with Crippen LogP contribution >= 0.6 is 33.9 Å². The molecular formula is C36H29FIN3O5S. The number of rotatable bonds is 9. The van der Waals surface area contributed by atoms with Gasteiger partial charge in [0.15, 0.2) is 16.3 Å². The summed E-state index contributed by atoms with van der Waals surface area (Å²) in [5.41, 5.74) is 3.08. The van der Waals surface area contributed by atoms with Gasteiger partial charge in [-0.3, -0.25) is 14.2 Å². The van der Waals surface area contributed by atoms with Gasteiger partial charge < -0.3 is 19.5 Å². The number of hydrogen-bond acceptors (Lipinski definition) is 7. The average molecular weight is 762 g/mol. The van der Waals surface area contributed by atoms with E-state index in [-0.39, 0.29) is 23.9 Å². The lowest BCUT2D eigenvalue weighted by Crippen LogP contribution is -2.40. The number of fused-ring (bicyclic) bond motifs is 1. The summed E-state index contributed by atoms with van der Waals surface area (Å²) in [5.74, 6) is 0.871. The summed E-state index contributed by atoms with van der Waals surface area (Å²) in [5, 5.41) is 2.96. The highest BCUT2D eigenvalue weighted by Crippen LogP contribution is 2.35. The van der Waals surface area contributed by atoms with E-state index in [4.69, 9.17) is 19.2 Å². The number of amides is 1. The van der Waals surface area contributed by atoms with Gasteiger partial charge >= 0.3 is 0 Å². The van der Waals surface area contributed by atoms with Gasteiger partial charge in [-0.1, -0.05) is 59.9 Å². The molecule has 4 aromatic carbocycles. The zero-order chi connectivity index (χ0) is 33.1. The highest BCUT2D eigenvalue weighted by Gasteiger charge is 2.32. The monoisotopic (exact) mass is 761 g/mol. The predicted molar refractivity (Wildman–Crippen MR) is 188 cm³/mol. The third kappa shape index (κ3) is 6.72. The average Bonchev–Trinajstić information content (AvgIpc) is 3.38. The maximum Gasteiger partial charge on any atom is 0.271 e. The van der Waals surface area contributed by atoms with E-state index >= 15 is 0 Å². The van der Waals surface area contributed by atoms with Crippen LogP contribution in [0.5, 0.6) is 17.2 Å². The van der Waals surface area contributed by atoms with E-state index in [1.807, 2.05) is 36.4 Å². The molecule has 47 heavy (non-hydrogen) atoms. The number of ether oxygens (including phenoxy) is 3. The van der Waals surface area contributed by atoms with Crippen molar-refractivity contribution in [1.29, 1.82) is 0 Å². The summed E-state index contributed by atoms with van der Waals surface area (Å²) in [7, 11) is 3.11. The van der Waals surface area contributed by atoms with Crippen LogP contribution in [0, 0.1) is 9.39 Å². The van der Waals surface area contributed by atoms with Crippen LogP contribution in [0.4, 0.5) is 10.1 Å². The fourth-order valence-corrected chi connectivity index (χ4v) is 7.14. The standard InChI is InChI=1S/C36H29FIN3O5S/c1-21-31(34(42)40-25-10-5-4-6-11-25)32(23-13-15-26(44-2)16-14-23)41-35(43)30(47-36(41)39-21)19-22-17-28(38)33(29(18-22)45-3)46-20-24-9-7-8-12-27(24)37/h4-19,32H,20H2,1-3H3,(H,40,42)/b30-19+/t32-/m1/s1. The maximum atomic E-state index is 14.2. The largest absolute Gasteiger partial charge is 0.497 e. The summed E-state index contributed by atoms with van der Waals surface area (Å²) in [6.45, 7) is 1.81. The molecule has 5 aromatic rings. The van der Waals surface area contributed by atoms with Crippen molar-refractivity contribution in [3.8, 4) is 17.2 Å². The lowest BCUT2D eigenvalue weighted by molar-refractivity contribution is -0.113. The molecule has 1 N–H and O–H groups in total. The Morgan fingerprint density at radius 2 is 1.74 bits per heavy atom. The van der Waals surface area contributed by atoms with Gasteiger partial charge in [0.05, 0.1) is 39.6 Å². The number of thiazole rings is 1. The molecule has 0 radical (unpaired) electrons. The van der Waals surface area contributed by atoms with Crippen LogP contribution in [-0.2, 0) is 11.4 Å². The van der Waals surface area contributed by atoms with Gasteiger partial charge in [0.1, 0.15) is 18.2 Å². The molecule has 8 nitrogen and oxygen atoms in total. The zero-order valence-electron chi connectivity index (χ0n) is 25.6. The van der Waals surface area contributed by atoms with E-state index in [0.717, 1.165) is 9.13 Å². The number of benzene rings is 4. The first kappa shape index (κ1) is 32.2. The van der Waals surface area contributed by atoms with Crippen molar-refractivity contribution < 1.29 is 23.4 Å². The van der Waals surface area contributed by atoms with Gasteiger partial charge in [0.2, 0.25) is 0 Å². The van der Waals surface area contributed by atoms with Gasteiger partial charge in [-0.2, -0.15) is 0 Å². The first-order valence-electron chi connectivity index (χ1n) is 14.5. The van der Waals surface area contributed by atoms with Gasteiger partial charge in [0.25, 0.3) is 11.5 Å². The van der Waals surface area contributed by atoms with Gasteiger partial charge in [-0.25, -0.2) is 9.38 Å². The number of hydrogen-bond donors (Lipinski definition) is 1. The molecule has 1 aliphatic heterocycles. The molecular weight excluding hydrogens is 732 g/mol. The molecule has 1 atom stereocenters. The van der Waals surface area contributed by atoms with Gasteiger partial charge in [-0.05, 0) is 89.2 Å². The van der Waals surface area contributed by atoms with Gasteiger partial charge in [-0.15, -0.1) is 0 Å². The number of nitrogens with one attached hydrogen (secondary N) is 1. The van der Waals surface area contributed by atoms with E-state index < -0.39 is 6.04 Å². The molecule has 1 aliphatic rings. The van der Waals surface area contributed by atoms with Crippen LogP contribution in [0.2, 0.25) is 0 Å². The van der Waals surface area contributed by atoms with Crippen LogP contribution < -0.4 is 34.4 Å². The predicted octanol–water partition coefficient (Wildman–Crippen LogP) is 6.21. The van der Waals surface area contributed by atoms with Crippen LogP contribution in [0.1, 0.15) is 29.7 Å². The molecule has 0 saturated heterocycles. The Balaban J connectivity index is 1.41. The number of carbonyl (C=O) groups is 1. The summed E-state index contributed by atoms with van der Waals surface area (Å²) in [6, 6.07) is 25.8. The van der Waals surface area contributed by atoms with E-state index in [1.54, 1.807) is 73.2 Å². The SMILES string of the molecule is COc1ccc([C@@H]2C(C(=O)Nc3ccccc3)=C(C)N=c3s/c(=C/c4cc(I)c(OCc5ccccc5F)c(OC)c4)c(=O)n32)cc1. The number of nitrogens with zero attached hydrogens (tertiary/aromatic N) is 2. The number of methoxy groups -OCH3 is 2. The molecule has 0 fully saturated rings. The molecule has 0 spiro atoms. The minimum Gasteiger partial charge on any atom is -0.497 e. The van der Waals surface area contributed by atoms with Crippen LogP contribution in [0.15, 0.2) is 112 Å². The quantitative estimate of drug-likeness (QED) is 0.181. The van der Waals surface area contributed by atoms with Crippen molar-refractivity contribution in [3.05, 3.63) is 148 Å². The maximum absolute atomic E-state index is 14.2. The minimum atomic E-state index is -0.730. The highest BCUT2D eigenvalue weighted by molar-refractivity contribution is 14.1. The molecule has 1 amide bonds. The summed E-state index contributed by atoms with van der Waals surface area (Å²) < 4.78 is 33.9. The molecule has 0 aliphatic carbocycles. The highest BCUT2D eigenvalue weighted by atomic mass is 127. The van der Waals surface area contributed by atoms with E-state index in [9.17, 15) is 14.0 Å². The number of aromatic nitrogens is 1. The van der Waals surface area contributed by atoms with Crippen molar-refractivity contribution in [2.75, 3.05) is 19.5 Å². The Kier molecular flexibility index (Phi) is 9.55. The fourth-order valence-electron chi connectivity index (χ4n) is 5.31. The third-order valence-electron chi connectivity index (χ3n) is 7.61. The minimum absolute atomic E-state index is 0.0296. The van der Waals surface area contributed by atoms with Crippen LogP contribution in [0.25, 0.3) is 6.08 Å². The lowest BCUT2D eigenvalue weighted by Gasteiger charge is -2.25. The van der Waals surface area contributed by atoms with Crippen LogP contribution in [0.3, 0.4) is 0 Å². The number of allylic oxidation sites excluding steroid dienone is 1. The molecule has 2 heterocycles. The van der Waals surface area contributed by atoms with Crippen molar-refractivity contribution in [2.24, 2.45) is 4.99 Å². The molecule has 0 saturated carbocycles. The number of carbonyl (C=O) groups excluding carboxylic acids is 1. The topological polar surface area (TPSA) is 91.2 Å². The summed E-state index contributed by atoms with van der Waals surface area (Å²) >= 11 is 3.37. The number of anilines is 1. The summed E-state index contributed by atoms with van der Waals surface area (Å²) in [4.78, 5) is 33.2. The first-order valence-corrected chi connectivity index (χ1v) is 16.4. The first-order chi connectivity index (χ1) is 22.8. The van der Waals surface area contributed by atoms with Crippen molar-refractivity contribution in [2.45, 2.75) is 19.6 Å². The molecule has 6 rings (SSSR count). The second-order valence-electron chi connectivity index (χ2n) is 10.6. The van der Waals surface area contributed by atoms with Crippen molar-refractivity contribution in [3.63, 3.8) is 0 Å². The number of halogens is 2. The molecule has 238 valence electrons. The molecule has 11 heteroatoms. The van der Waals surface area contributed by atoms with Crippen molar-refractivity contribution >= 4 is 51.6 Å². The Labute approximate surface area is 287 Å². The second-order valence-corrected chi connectivity index (χ2v) is 12.8. The summed E-state index contributed by atoms with van der Waals surface area (Å²) in [6.07, 6.45) is 1.77. The second kappa shape index (κ2) is 13.9. The van der Waals surface area contributed by atoms with E-state index in [1.165, 1.54) is 24.5 Å².